The molecule has 0 saturated heterocycles. The van der Waals surface area contributed by atoms with Crippen molar-refractivity contribution in [2.75, 3.05) is 0 Å². The molecule has 0 bridgehead atoms. The van der Waals surface area contributed by atoms with Crippen LogP contribution in [0.5, 0.6) is 0 Å². The van der Waals surface area contributed by atoms with Gasteiger partial charge in [0.25, 0.3) is 0 Å². The average molecular weight is 252 g/mol. The van der Waals surface area contributed by atoms with E-state index in [2.05, 4.69) is 72.8 Å². The first-order chi connectivity index (χ1) is 9.92. The van der Waals surface area contributed by atoms with Crippen molar-refractivity contribution in [3.05, 3.63) is 82.2 Å². The van der Waals surface area contributed by atoms with Crippen LogP contribution in [0.25, 0.3) is 34.4 Å². The quantitative estimate of drug-likeness (QED) is 0.397. The van der Waals surface area contributed by atoms with Crippen molar-refractivity contribution >= 4 is 12.2 Å². The largest absolute Gasteiger partial charge is 0.0616 e. The Morgan fingerprint density at radius 2 is 0.850 bits per heavy atom. The molecule has 3 aromatic rings. The number of hydrogen-bond donors (Lipinski definition) is 0. The second-order valence-electron chi connectivity index (χ2n) is 5.45. The molecule has 0 aromatic heterocycles. The van der Waals surface area contributed by atoms with Gasteiger partial charge in [-0.05, 0) is 56.0 Å². The van der Waals surface area contributed by atoms with E-state index >= 15 is 0 Å². The fraction of sp³-hybridized carbons (Fsp3) is 0. The maximum Gasteiger partial charge on any atom is -0.00926 e. The first-order valence-corrected chi connectivity index (χ1v) is 6.97. The molecule has 0 heteroatoms. The van der Waals surface area contributed by atoms with Crippen molar-refractivity contribution in [1.29, 1.82) is 0 Å². The molecule has 0 saturated carbocycles. The van der Waals surface area contributed by atoms with Crippen LogP contribution in [-0.4, -0.2) is 0 Å². The van der Waals surface area contributed by atoms with Crippen LogP contribution >= 0.6 is 0 Å². The molecule has 2 aliphatic rings. The minimum atomic E-state index is 1.33. The van der Waals surface area contributed by atoms with Crippen LogP contribution in [0.3, 0.4) is 0 Å². The summed E-state index contributed by atoms with van der Waals surface area (Å²) in [5.74, 6) is 0. The summed E-state index contributed by atoms with van der Waals surface area (Å²) >= 11 is 0. The topological polar surface area (TPSA) is 0 Å². The van der Waals surface area contributed by atoms with Gasteiger partial charge in [0.1, 0.15) is 0 Å². The van der Waals surface area contributed by atoms with Gasteiger partial charge >= 0.3 is 0 Å². The van der Waals surface area contributed by atoms with E-state index in [4.69, 9.17) is 0 Å². The summed E-state index contributed by atoms with van der Waals surface area (Å²) in [6.45, 7) is 0. The first kappa shape index (κ1) is 10.2. The van der Waals surface area contributed by atoms with E-state index in [1.165, 1.54) is 43.8 Å². The summed E-state index contributed by atoms with van der Waals surface area (Å²) in [7, 11) is 0. The predicted octanol–water partition coefficient (Wildman–Crippen LogP) is 3.31. The molecule has 92 valence electrons. The molecule has 3 aromatic carbocycles. The number of rotatable bonds is 0. The first-order valence-electron chi connectivity index (χ1n) is 6.97. The van der Waals surface area contributed by atoms with E-state index in [-0.39, 0.29) is 0 Å². The average Bonchev–Trinajstić information content (AvgIpc) is 3.05. The predicted molar refractivity (Wildman–Crippen MR) is 83.7 cm³/mol. The molecule has 5 rings (SSSR count). The van der Waals surface area contributed by atoms with E-state index < -0.39 is 0 Å². The van der Waals surface area contributed by atoms with Crippen LogP contribution in [0, 0.1) is 0 Å². The van der Waals surface area contributed by atoms with Crippen molar-refractivity contribution in [1.82, 2.24) is 0 Å². The highest BCUT2D eigenvalue weighted by atomic mass is 14.2. The van der Waals surface area contributed by atoms with E-state index in [0.717, 1.165) is 0 Å². The highest BCUT2D eigenvalue weighted by molar-refractivity contribution is 5.89. The zero-order valence-electron chi connectivity index (χ0n) is 10.9. The van der Waals surface area contributed by atoms with Crippen LogP contribution in [0.4, 0.5) is 0 Å². The molecule has 2 aliphatic carbocycles. The van der Waals surface area contributed by atoms with Crippen molar-refractivity contribution in [2.24, 2.45) is 0 Å². The summed E-state index contributed by atoms with van der Waals surface area (Å²) in [4.78, 5) is 0. The van der Waals surface area contributed by atoms with Crippen LogP contribution in [-0.2, 0) is 0 Å². The monoisotopic (exact) mass is 252 g/mol. The number of hydrogen-bond acceptors (Lipinski definition) is 0. The second-order valence-corrected chi connectivity index (χ2v) is 5.45. The molecule has 0 aliphatic heterocycles. The molecule has 0 nitrogen and oxygen atoms in total. The summed E-state index contributed by atoms with van der Waals surface area (Å²) < 4.78 is 0. The standard InChI is InChI=1S/C20H12/c1-3-7-15-13(5-1)11-19-17(15)9-10-18-16-8-4-2-6-14(16)12-20(18)19/h1-12H. The molecule has 0 fully saturated rings. The third-order valence-electron chi connectivity index (χ3n) is 4.39. The van der Waals surface area contributed by atoms with Gasteiger partial charge in [-0.2, -0.15) is 0 Å². The maximum atomic E-state index is 2.33. The normalized spacial score (nSPS) is 12.8. The number of fused-ring (bicyclic) bond motifs is 7. The summed E-state index contributed by atoms with van der Waals surface area (Å²) in [5, 5.41) is 2.75. The molecule has 0 atom stereocenters. The zero-order valence-corrected chi connectivity index (χ0v) is 10.9. The van der Waals surface area contributed by atoms with Gasteiger partial charge in [0.05, 0.1) is 0 Å². The van der Waals surface area contributed by atoms with Gasteiger partial charge in [0.2, 0.25) is 0 Å². The smallest absolute Gasteiger partial charge is 0.00926 e. The van der Waals surface area contributed by atoms with Crippen LogP contribution in [0.2, 0.25) is 0 Å². The van der Waals surface area contributed by atoms with Crippen molar-refractivity contribution in [2.45, 2.75) is 0 Å². The lowest BCUT2D eigenvalue weighted by Crippen LogP contribution is -2.25. The summed E-state index contributed by atoms with van der Waals surface area (Å²) in [5.41, 5.74) is 8.11. The Balaban J connectivity index is 1.93. The highest BCUT2D eigenvalue weighted by Gasteiger charge is 2.17. The molecular weight excluding hydrogens is 240 g/mol. The minimum Gasteiger partial charge on any atom is -0.0616 e. The van der Waals surface area contributed by atoms with E-state index in [0.29, 0.717) is 0 Å². The van der Waals surface area contributed by atoms with Gasteiger partial charge in [-0.25, -0.2) is 0 Å². The van der Waals surface area contributed by atoms with E-state index in [9.17, 15) is 0 Å². The Morgan fingerprint density at radius 3 is 1.35 bits per heavy atom. The van der Waals surface area contributed by atoms with Crippen LogP contribution in [0.1, 0.15) is 11.1 Å². The summed E-state index contributed by atoms with van der Waals surface area (Å²) in [6, 6.07) is 21.8. The van der Waals surface area contributed by atoms with Gasteiger partial charge in [-0.3, -0.25) is 0 Å². The second kappa shape index (κ2) is 3.49. The van der Waals surface area contributed by atoms with Crippen molar-refractivity contribution < 1.29 is 0 Å². The van der Waals surface area contributed by atoms with Gasteiger partial charge < -0.3 is 0 Å². The molecule has 0 amide bonds. The lowest BCUT2D eigenvalue weighted by Gasteiger charge is -2.03. The van der Waals surface area contributed by atoms with Gasteiger partial charge in [0, 0.05) is 0 Å². The Bertz CT molecular complexity index is 908. The lowest BCUT2D eigenvalue weighted by atomic mass is 10.0. The highest BCUT2D eigenvalue weighted by Crippen LogP contribution is 2.30. The SMILES string of the molecule is C1=c2c(ccc3c2=Cc2ccccc2-3)-c2ccccc21. The zero-order chi connectivity index (χ0) is 13.1. The fourth-order valence-corrected chi connectivity index (χ4v) is 3.46. The summed E-state index contributed by atoms with van der Waals surface area (Å²) in [6.07, 6.45) is 4.65. The van der Waals surface area contributed by atoms with Crippen molar-refractivity contribution in [3.8, 4) is 22.3 Å². The third-order valence-corrected chi connectivity index (χ3v) is 4.39. The van der Waals surface area contributed by atoms with Crippen LogP contribution in [0.15, 0.2) is 60.7 Å². The number of benzene rings is 3. The third kappa shape index (κ3) is 1.16. The molecule has 0 heterocycles. The molecule has 0 spiro atoms. The molecule has 0 N–H and O–H groups in total. The molecule has 0 radical (unpaired) electrons. The molecule has 20 heavy (non-hydrogen) atoms. The van der Waals surface area contributed by atoms with E-state index in [1.807, 2.05) is 0 Å². The Kier molecular flexibility index (Phi) is 1.78. The molecular formula is C20H12. The van der Waals surface area contributed by atoms with Gasteiger partial charge in [0.15, 0.2) is 0 Å². The van der Waals surface area contributed by atoms with Crippen LogP contribution < -0.4 is 10.4 Å². The Hall–Kier alpha value is -2.60. The fourth-order valence-electron chi connectivity index (χ4n) is 3.46. The van der Waals surface area contributed by atoms with E-state index in [1.54, 1.807) is 0 Å². The molecule has 0 unspecified atom stereocenters. The maximum absolute atomic E-state index is 2.33. The Morgan fingerprint density at radius 1 is 0.400 bits per heavy atom. The lowest BCUT2D eigenvalue weighted by molar-refractivity contribution is 1.54. The minimum absolute atomic E-state index is 1.33. The Labute approximate surface area is 117 Å². The van der Waals surface area contributed by atoms with Gasteiger partial charge in [-0.1, -0.05) is 60.7 Å². The van der Waals surface area contributed by atoms with Gasteiger partial charge in [-0.15, -0.1) is 0 Å². The van der Waals surface area contributed by atoms with Crippen molar-refractivity contribution in [3.63, 3.8) is 0 Å².